The van der Waals surface area contributed by atoms with Crippen molar-refractivity contribution in [3.8, 4) is 22.8 Å². The summed E-state index contributed by atoms with van der Waals surface area (Å²) < 4.78 is 11.0. The molecule has 3 aromatic rings. The van der Waals surface area contributed by atoms with Gasteiger partial charge in [-0.2, -0.15) is 10.1 Å². The Labute approximate surface area is 156 Å². The first-order chi connectivity index (χ1) is 13.3. The van der Waals surface area contributed by atoms with Gasteiger partial charge in [0.25, 0.3) is 5.89 Å². The second-order valence-corrected chi connectivity index (χ2v) is 7.20. The first kappa shape index (κ1) is 16.6. The Morgan fingerprint density at radius 1 is 1.22 bits per heavy atom. The highest BCUT2D eigenvalue weighted by Gasteiger charge is 2.28. The average Bonchev–Trinajstić information content (AvgIpc) is 3.40. The molecule has 27 heavy (non-hydrogen) atoms. The molecule has 0 bridgehead atoms. The molecule has 2 aliphatic heterocycles. The number of aromatic nitrogens is 5. The number of nitrogens with one attached hydrogen (secondary N) is 1. The van der Waals surface area contributed by atoms with E-state index < -0.39 is 0 Å². The van der Waals surface area contributed by atoms with Crippen molar-refractivity contribution in [2.75, 3.05) is 19.8 Å². The lowest BCUT2D eigenvalue weighted by atomic mass is 9.93. The molecule has 0 aliphatic carbocycles. The molecule has 2 aliphatic rings. The van der Waals surface area contributed by atoms with Gasteiger partial charge in [0.05, 0.1) is 11.8 Å². The Morgan fingerprint density at radius 3 is 2.93 bits per heavy atom. The minimum Gasteiger partial charge on any atom is -0.381 e. The Balaban J connectivity index is 1.46. The molecule has 0 aromatic carbocycles. The number of pyridine rings is 1. The van der Waals surface area contributed by atoms with Crippen LogP contribution in [-0.2, 0) is 17.7 Å². The molecule has 5 rings (SSSR count). The topological polar surface area (TPSA) is 93.0 Å². The maximum atomic E-state index is 5.51. The fourth-order valence-electron chi connectivity index (χ4n) is 4.14. The third-order valence-electron chi connectivity index (χ3n) is 5.59. The molecule has 8 heteroatoms. The van der Waals surface area contributed by atoms with Gasteiger partial charge < -0.3 is 9.26 Å². The van der Waals surface area contributed by atoms with Gasteiger partial charge in [-0.15, -0.1) is 0 Å². The zero-order chi connectivity index (χ0) is 18.2. The molecule has 8 nitrogen and oxygen atoms in total. The van der Waals surface area contributed by atoms with Crippen LogP contribution >= 0.6 is 0 Å². The van der Waals surface area contributed by atoms with Gasteiger partial charge in [-0.1, -0.05) is 5.16 Å². The predicted molar refractivity (Wildman–Crippen MR) is 97.8 cm³/mol. The number of aromatic amines is 1. The Hall–Kier alpha value is -2.58. The Morgan fingerprint density at radius 2 is 2.11 bits per heavy atom. The van der Waals surface area contributed by atoms with E-state index in [-0.39, 0.29) is 0 Å². The summed E-state index contributed by atoms with van der Waals surface area (Å²) in [5.41, 5.74) is 5.30. The number of ether oxygens (including phenoxy) is 1. The molecule has 0 radical (unpaired) electrons. The molecule has 0 amide bonds. The van der Waals surface area contributed by atoms with Crippen LogP contribution in [0.25, 0.3) is 22.8 Å². The SMILES string of the molecule is Cc1ncc2c(c1-c1noc(-c3cn[nH]c3)n1)CCN(C1CCOCC1)C2. The van der Waals surface area contributed by atoms with Crippen LogP contribution in [0.4, 0.5) is 0 Å². The highest BCUT2D eigenvalue weighted by Crippen LogP contribution is 2.33. The van der Waals surface area contributed by atoms with Gasteiger partial charge in [0, 0.05) is 56.0 Å². The molecule has 1 N–H and O–H groups in total. The number of hydrogen-bond acceptors (Lipinski definition) is 7. The van der Waals surface area contributed by atoms with Crippen molar-refractivity contribution in [1.82, 2.24) is 30.2 Å². The summed E-state index contributed by atoms with van der Waals surface area (Å²) in [6.45, 7) is 5.71. The van der Waals surface area contributed by atoms with E-state index in [0.717, 1.165) is 62.4 Å². The van der Waals surface area contributed by atoms with E-state index in [1.807, 2.05) is 13.1 Å². The van der Waals surface area contributed by atoms with Crippen LogP contribution in [0.15, 0.2) is 23.1 Å². The maximum Gasteiger partial charge on any atom is 0.261 e. The zero-order valence-corrected chi connectivity index (χ0v) is 15.3. The summed E-state index contributed by atoms with van der Waals surface area (Å²) in [5.74, 6) is 1.07. The van der Waals surface area contributed by atoms with E-state index in [1.54, 1.807) is 12.4 Å². The zero-order valence-electron chi connectivity index (χ0n) is 15.3. The van der Waals surface area contributed by atoms with Gasteiger partial charge in [0.15, 0.2) is 0 Å². The van der Waals surface area contributed by atoms with Gasteiger partial charge in [-0.05, 0) is 37.3 Å². The fraction of sp³-hybridized carbons (Fsp3) is 0.474. The molecule has 5 heterocycles. The van der Waals surface area contributed by atoms with Crippen LogP contribution in [0.2, 0.25) is 0 Å². The van der Waals surface area contributed by atoms with Gasteiger partial charge in [-0.3, -0.25) is 15.0 Å². The largest absolute Gasteiger partial charge is 0.381 e. The first-order valence-electron chi connectivity index (χ1n) is 9.42. The molecular formula is C19H22N6O2. The standard InChI is InChI=1S/C19H22N6O2/c1-12-17(18-23-19(27-24-18)13-9-21-22-10-13)16-2-5-25(11-14(16)8-20-12)15-3-6-26-7-4-15/h8-10,15H,2-7,11H2,1H3,(H,21,22). The van der Waals surface area contributed by atoms with E-state index in [0.29, 0.717) is 17.8 Å². The fourth-order valence-corrected chi connectivity index (χ4v) is 4.14. The van der Waals surface area contributed by atoms with Crippen LogP contribution in [-0.4, -0.2) is 56.0 Å². The van der Waals surface area contributed by atoms with Crippen LogP contribution in [0.3, 0.4) is 0 Å². The summed E-state index contributed by atoms with van der Waals surface area (Å²) in [5, 5.41) is 10.9. The summed E-state index contributed by atoms with van der Waals surface area (Å²) in [7, 11) is 0. The lowest BCUT2D eigenvalue weighted by Gasteiger charge is -2.37. The van der Waals surface area contributed by atoms with E-state index in [1.165, 1.54) is 11.1 Å². The second kappa shape index (κ2) is 6.86. The first-order valence-corrected chi connectivity index (χ1v) is 9.42. The lowest BCUT2D eigenvalue weighted by molar-refractivity contribution is 0.0290. The van der Waals surface area contributed by atoms with Gasteiger partial charge >= 0.3 is 0 Å². The molecule has 3 aromatic heterocycles. The van der Waals surface area contributed by atoms with Crippen LogP contribution < -0.4 is 0 Å². The number of nitrogens with zero attached hydrogens (tertiary/aromatic N) is 5. The normalized spacial score (nSPS) is 18.6. The quantitative estimate of drug-likeness (QED) is 0.760. The third kappa shape index (κ3) is 3.04. The van der Waals surface area contributed by atoms with E-state index in [4.69, 9.17) is 9.26 Å². The maximum absolute atomic E-state index is 5.51. The predicted octanol–water partition coefficient (Wildman–Crippen LogP) is 2.37. The Kier molecular flexibility index (Phi) is 4.21. The third-order valence-corrected chi connectivity index (χ3v) is 5.59. The summed E-state index contributed by atoms with van der Waals surface area (Å²) in [4.78, 5) is 11.8. The number of H-pyrrole nitrogens is 1. The molecule has 0 spiro atoms. The molecule has 0 atom stereocenters. The lowest BCUT2D eigenvalue weighted by Crippen LogP contribution is -2.42. The average molecular weight is 366 g/mol. The summed E-state index contributed by atoms with van der Waals surface area (Å²) in [6.07, 6.45) is 8.63. The van der Waals surface area contributed by atoms with Gasteiger partial charge in [0.1, 0.15) is 0 Å². The van der Waals surface area contributed by atoms with Crippen molar-refractivity contribution in [1.29, 1.82) is 0 Å². The van der Waals surface area contributed by atoms with Crippen LogP contribution in [0.5, 0.6) is 0 Å². The number of fused-ring (bicyclic) bond motifs is 1. The number of aryl methyl sites for hydroxylation is 1. The van der Waals surface area contributed by atoms with Crippen molar-refractivity contribution in [2.24, 2.45) is 0 Å². The van der Waals surface area contributed by atoms with Crippen LogP contribution in [0, 0.1) is 6.92 Å². The van der Waals surface area contributed by atoms with Crippen molar-refractivity contribution >= 4 is 0 Å². The second-order valence-electron chi connectivity index (χ2n) is 7.20. The molecule has 140 valence electrons. The van der Waals surface area contributed by atoms with E-state index >= 15 is 0 Å². The highest BCUT2D eigenvalue weighted by molar-refractivity contribution is 5.66. The van der Waals surface area contributed by atoms with Crippen LogP contribution in [0.1, 0.15) is 29.7 Å². The molecular weight excluding hydrogens is 344 g/mol. The van der Waals surface area contributed by atoms with E-state index in [2.05, 4.69) is 30.2 Å². The molecule has 0 saturated carbocycles. The molecule has 0 unspecified atom stereocenters. The van der Waals surface area contributed by atoms with E-state index in [9.17, 15) is 0 Å². The summed E-state index contributed by atoms with van der Waals surface area (Å²) >= 11 is 0. The van der Waals surface area contributed by atoms with Gasteiger partial charge in [-0.25, -0.2) is 0 Å². The van der Waals surface area contributed by atoms with Crippen molar-refractivity contribution in [2.45, 2.75) is 38.8 Å². The van der Waals surface area contributed by atoms with Crippen molar-refractivity contribution < 1.29 is 9.26 Å². The Bertz CT molecular complexity index is 930. The summed E-state index contributed by atoms with van der Waals surface area (Å²) in [6, 6.07) is 0.606. The smallest absolute Gasteiger partial charge is 0.261 e. The minimum atomic E-state index is 0.468. The minimum absolute atomic E-state index is 0.468. The van der Waals surface area contributed by atoms with Crippen molar-refractivity contribution in [3.05, 3.63) is 35.4 Å². The van der Waals surface area contributed by atoms with Crippen molar-refractivity contribution in [3.63, 3.8) is 0 Å². The monoisotopic (exact) mass is 366 g/mol. The molecule has 1 saturated heterocycles. The highest BCUT2D eigenvalue weighted by atomic mass is 16.5. The number of hydrogen-bond donors (Lipinski definition) is 1. The van der Waals surface area contributed by atoms with Gasteiger partial charge in [0.2, 0.25) is 5.82 Å². The molecule has 1 fully saturated rings. The number of rotatable bonds is 3.